The smallest absolute Gasteiger partial charge is 0.339 e. The van der Waals surface area contributed by atoms with Crippen molar-refractivity contribution >= 4 is 11.8 Å². The molecule has 0 bridgehead atoms. The molecule has 1 aromatic heterocycles. The van der Waals surface area contributed by atoms with Gasteiger partial charge in [-0.2, -0.15) is 0 Å². The SMILES string of the molecule is Cc1cc(C)c(C(=O)O)c(NC2CCC(C)(C)C2)n1. The Morgan fingerprint density at radius 3 is 2.68 bits per heavy atom. The molecule has 0 spiro atoms. The summed E-state index contributed by atoms with van der Waals surface area (Å²) < 4.78 is 0. The van der Waals surface area contributed by atoms with Crippen molar-refractivity contribution in [3.05, 3.63) is 22.9 Å². The van der Waals surface area contributed by atoms with Crippen molar-refractivity contribution < 1.29 is 9.90 Å². The molecular formula is C15H22N2O2. The second kappa shape index (κ2) is 4.83. The number of carboxylic acids is 1. The van der Waals surface area contributed by atoms with Gasteiger partial charge in [-0.15, -0.1) is 0 Å². The summed E-state index contributed by atoms with van der Waals surface area (Å²) in [4.78, 5) is 15.7. The minimum atomic E-state index is -0.912. The quantitative estimate of drug-likeness (QED) is 0.876. The summed E-state index contributed by atoms with van der Waals surface area (Å²) in [5.74, 6) is -0.391. The second-order valence-corrected chi connectivity index (χ2v) is 6.36. The number of hydrogen-bond donors (Lipinski definition) is 2. The first-order valence-electron chi connectivity index (χ1n) is 6.76. The van der Waals surface area contributed by atoms with Gasteiger partial charge in [-0.3, -0.25) is 0 Å². The molecule has 1 atom stereocenters. The number of carboxylic acid groups (broad SMARTS) is 1. The molecule has 1 aliphatic rings. The van der Waals surface area contributed by atoms with Gasteiger partial charge in [0.1, 0.15) is 11.4 Å². The van der Waals surface area contributed by atoms with E-state index in [0.717, 1.165) is 30.5 Å². The third kappa shape index (κ3) is 3.06. The molecular weight excluding hydrogens is 240 g/mol. The molecule has 0 saturated heterocycles. The second-order valence-electron chi connectivity index (χ2n) is 6.36. The van der Waals surface area contributed by atoms with Crippen LogP contribution < -0.4 is 5.32 Å². The van der Waals surface area contributed by atoms with Crippen LogP contribution in [0.15, 0.2) is 6.07 Å². The van der Waals surface area contributed by atoms with Gasteiger partial charge in [-0.05, 0) is 50.2 Å². The highest BCUT2D eigenvalue weighted by molar-refractivity contribution is 5.94. The lowest BCUT2D eigenvalue weighted by atomic mass is 9.92. The van der Waals surface area contributed by atoms with E-state index in [1.807, 2.05) is 19.9 Å². The highest BCUT2D eigenvalue weighted by Gasteiger charge is 2.31. The van der Waals surface area contributed by atoms with Gasteiger partial charge in [-0.1, -0.05) is 13.8 Å². The lowest BCUT2D eigenvalue weighted by Crippen LogP contribution is -2.21. The Morgan fingerprint density at radius 2 is 2.16 bits per heavy atom. The molecule has 1 unspecified atom stereocenters. The van der Waals surface area contributed by atoms with E-state index < -0.39 is 5.97 Å². The summed E-state index contributed by atoms with van der Waals surface area (Å²) >= 11 is 0. The number of hydrogen-bond acceptors (Lipinski definition) is 3. The minimum absolute atomic E-state index is 0.301. The average molecular weight is 262 g/mol. The summed E-state index contributed by atoms with van der Waals surface area (Å²) in [7, 11) is 0. The van der Waals surface area contributed by atoms with Gasteiger partial charge >= 0.3 is 5.97 Å². The summed E-state index contributed by atoms with van der Waals surface area (Å²) in [5, 5.41) is 12.7. The Balaban J connectivity index is 2.27. The van der Waals surface area contributed by atoms with Gasteiger partial charge in [0.2, 0.25) is 0 Å². The molecule has 4 nitrogen and oxygen atoms in total. The molecule has 1 aliphatic carbocycles. The molecule has 2 N–H and O–H groups in total. The van der Waals surface area contributed by atoms with Crippen LogP contribution in [-0.4, -0.2) is 22.1 Å². The molecule has 4 heteroatoms. The number of aromatic carboxylic acids is 1. The highest BCUT2D eigenvalue weighted by atomic mass is 16.4. The zero-order chi connectivity index (χ0) is 14.2. The fraction of sp³-hybridized carbons (Fsp3) is 0.600. The van der Waals surface area contributed by atoms with E-state index in [-0.39, 0.29) is 0 Å². The van der Waals surface area contributed by atoms with Gasteiger partial charge in [0.25, 0.3) is 0 Å². The molecule has 1 aromatic rings. The molecule has 0 radical (unpaired) electrons. The van der Waals surface area contributed by atoms with E-state index >= 15 is 0 Å². The van der Waals surface area contributed by atoms with E-state index in [9.17, 15) is 9.90 Å². The van der Waals surface area contributed by atoms with Crippen molar-refractivity contribution in [3.8, 4) is 0 Å². The minimum Gasteiger partial charge on any atom is -0.478 e. The van der Waals surface area contributed by atoms with Crippen molar-refractivity contribution in [3.63, 3.8) is 0 Å². The largest absolute Gasteiger partial charge is 0.478 e. The molecule has 2 rings (SSSR count). The zero-order valence-electron chi connectivity index (χ0n) is 12.1. The van der Waals surface area contributed by atoms with E-state index in [0.29, 0.717) is 22.8 Å². The molecule has 19 heavy (non-hydrogen) atoms. The number of anilines is 1. The lowest BCUT2D eigenvalue weighted by Gasteiger charge is -2.19. The Labute approximate surface area is 114 Å². The molecule has 104 valence electrons. The van der Waals surface area contributed by atoms with Crippen LogP contribution in [0, 0.1) is 19.3 Å². The predicted molar refractivity (Wildman–Crippen MR) is 75.7 cm³/mol. The summed E-state index contributed by atoms with van der Waals surface area (Å²) in [6, 6.07) is 2.13. The van der Waals surface area contributed by atoms with E-state index in [2.05, 4.69) is 24.1 Å². The number of aryl methyl sites for hydroxylation is 2. The number of nitrogens with one attached hydrogen (secondary N) is 1. The van der Waals surface area contributed by atoms with Crippen molar-refractivity contribution in [2.45, 2.75) is 53.0 Å². The Morgan fingerprint density at radius 1 is 1.47 bits per heavy atom. The van der Waals surface area contributed by atoms with Crippen LogP contribution in [0.5, 0.6) is 0 Å². The average Bonchev–Trinajstić information content (AvgIpc) is 2.56. The van der Waals surface area contributed by atoms with Gasteiger partial charge in [-0.25, -0.2) is 9.78 Å². The summed E-state index contributed by atoms with van der Waals surface area (Å²) in [6.45, 7) is 8.22. The van der Waals surface area contributed by atoms with E-state index in [4.69, 9.17) is 0 Å². The van der Waals surface area contributed by atoms with Crippen LogP contribution in [0.25, 0.3) is 0 Å². The fourth-order valence-corrected chi connectivity index (χ4v) is 2.96. The van der Waals surface area contributed by atoms with Crippen LogP contribution in [0.2, 0.25) is 0 Å². The standard InChI is InChI=1S/C15H22N2O2/c1-9-7-10(2)16-13(12(9)14(18)19)17-11-5-6-15(3,4)8-11/h7,11H,5-6,8H2,1-4H3,(H,16,17)(H,18,19). The van der Waals surface area contributed by atoms with Gasteiger partial charge in [0, 0.05) is 11.7 Å². The van der Waals surface area contributed by atoms with E-state index in [1.54, 1.807) is 0 Å². The topological polar surface area (TPSA) is 62.2 Å². The number of rotatable bonds is 3. The Bertz CT molecular complexity index is 509. The van der Waals surface area contributed by atoms with Crippen molar-refractivity contribution in [2.24, 2.45) is 5.41 Å². The maximum atomic E-state index is 11.4. The van der Waals surface area contributed by atoms with Gasteiger partial charge < -0.3 is 10.4 Å². The first kappa shape index (κ1) is 13.8. The zero-order valence-corrected chi connectivity index (χ0v) is 12.1. The fourth-order valence-electron chi connectivity index (χ4n) is 2.96. The Kier molecular flexibility index (Phi) is 3.52. The van der Waals surface area contributed by atoms with Crippen LogP contribution >= 0.6 is 0 Å². The van der Waals surface area contributed by atoms with Crippen molar-refractivity contribution in [1.29, 1.82) is 0 Å². The third-order valence-corrected chi connectivity index (χ3v) is 3.87. The van der Waals surface area contributed by atoms with Crippen LogP contribution in [-0.2, 0) is 0 Å². The molecule has 0 aliphatic heterocycles. The number of aromatic nitrogens is 1. The van der Waals surface area contributed by atoms with Crippen LogP contribution in [0.1, 0.15) is 54.7 Å². The summed E-state index contributed by atoms with van der Waals surface area (Å²) in [6.07, 6.45) is 3.29. The molecule has 1 fully saturated rings. The third-order valence-electron chi connectivity index (χ3n) is 3.87. The monoisotopic (exact) mass is 262 g/mol. The first-order valence-corrected chi connectivity index (χ1v) is 6.76. The highest BCUT2D eigenvalue weighted by Crippen LogP contribution is 2.38. The first-order chi connectivity index (χ1) is 8.78. The molecule has 1 saturated carbocycles. The lowest BCUT2D eigenvalue weighted by molar-refractivity contribution is 0.0697. The number of pyridine rings is 1. The van der Waals surface area contributed by atoms with Crippen LogP contribution in [0.3, 0.4) is 0 Å². The van der Waals surface area contributed by atoms with Gasteiger partial charge in [0.05, 0.1) is 0 Å². The molecule has 1 heterocycles. The Hall–Kier alpha value is -1.58. The van der Waals surface area contributed by atoms with E-state index in [1.165, 1.54) is 0 Å². The summed E-state index contributed by atoms with van der Waals surface area (Å²) in [5.41, 5.74) is 2.25. The van der Waals surface area contributed by atoms with Gasteiger partial charge in [0.15, 0.2) is 0 Å². The maximum Gasteiger partial charge on any atom is 0.339 e. The predicted octanol–water partition coefficient (Wildman–Crippen LogP) is 3.39. The normalized spacial score (nSPS) is 21.4. The van der Waals surface area contributed by atoms with Crippen molar-refractivity contribution in [1.82, 2.24) is 4.98 Å². The maximum absolute atomic E-state index is 11.4. The molecule has 0 aromatic carbocycles. The van der Waals surface area contributed by atoms with Crippen molar-refractivity contribution in [2.75, 3.05) is 5.32 Å². The number of nitrogens with zero attached hydrogens (tertiary/aromatic N) is 1. The number of carbonyl (C=O) groups is 1. The molecule has 0 amide bonds. The van der Waals surface area contributed by atoms with Crippen LogP contribution in [0.4, 0.5) is 5.82 Å².